The average molecular weight is 314 g/mol. The zero-order valence-corrected chi connectivity index (χ0v) is 14.0. The third kappa shape index (κ3) is 2.92. The van der Waals surface area contributed by atoms with E-state index in [2.05, 4.69) is 79.0 Å². The fourth-order valence-electron chi connectivity index (χ4n) is 3.65. The number of benzene rings is 2. The molecule has 0 bridgehead atoms. The maximum absolute atomic E-state index is 4.90. The first kappa shape index (κ1) is 14.9. The van der Waals surface area contributed by atoms with Crippen molar-refractivity contribution in [1.29, 1.82) is 0 Å². The van der Waals surface area contributed by atoms with Gasteiger partial charge in [-0.15, -0.1) is 0 Å². The van der Waals surface area contributed by atoms with Crippen molar-refractivity contribution in [3.05, 3.63) is 88.6 Å². The lowest BCUT2D eigenvalue weighted by Crippen LogP contribution is -2.30. The second-order valence-corrected chi connectivity index (χ2v) is 6.49. The second-order valence-electron chi connectivity index (χ2n) is 6.49. The molecule has 1 unspecified atom stereocenters. The molecule has 0 fully saturated rings. The minimum absolute atomic E-state index is 0.155. The van der Waals surface area contributed by atoms with Crippen molar-refractivity contribution in [2.45, 2.75) is 32.2 Å². The lowest BCUT2D eigenvalue weighted by atomic mass is 9.83. The quantitative estimate of drug-likeness (QED) is 0.802. The lowest BCUT2D eigenvalue weighted by Gasteiger charge is -2.32. The van der Waals surface area contributed by atoms with E-state index in [9.17, 15) is 0 Å². The van der Waals surface area contributed by atoms with Crippen LogP contribution in [0.3, 0.4) is 0 Å². The molecule has 2 heteroatoms. The van der Waals surface area contributed by atoms with Gasteiger partial charge in [0.1, 0.15) is 6.04 Å². The Kier molecular flexibility index (Phi) is 4.04. The Morgan fingerprint density at radius 1 is 0.958 bits per heavy atom. The van der Waals surface area contributed by atoms with E-state index in [1.165, 1.54) is 34.4 Å². The SMILES string of the molecule is CC1=NC(c2ccccc2)C2=C(N1)/C(=C/c1ccccc1)CCC2. The van der Waals surface area contributed by atoms with Gasteiger partial charge in [-0.05, 0) is 54.5 Å². The van der Waals surface area contributed by atoms with E-state index in [1.54, 1.807) is 0 Å². The highest BCUT2D eigenvalue weighted by atomic mass is 15.0. The molecule has 0 radical (unpaired) electrons. The summed E-state index contributed by atoms with van der Waals surface area (Å²) in [7, 11) is 0. The number of hydrogen-bond donors (Lipinski definition) is 1. The van der Waals surface area contributed by atoms with Crippen molar-refractivity contribution in [1.82, 2.24) is 5.32 Å². The van der Waals surface area contributed by atoms with Crippen LogP contribution in [-0.4, -0.2) is 5.84 Å². The van der Waals surface area contributed by atoms with Gasteiger partial charge < -0.3 is 5.32 Å². The highest BCUT2D eigenvalue weighted by Gasteiger charge is 2.28. The van der Waals surface area contributed by atoms with Crippen molar-refractivity contribution in [2.75, 3.05) is 0 Å². The standard InChI is InChI=1S/C22H22N2/c1-16-23-21(18-11-6-3-7-12-18)20-14-8-13-19(22(20)24-16)15-17-9-4-2-5-10-17/h2-7,9-12,15,21H,8,13-14H2,1H3,(H,23,24)/b19-15+. The molecule has 24 heavy (non-hydrogen) atoms. The molecule has 0 saturated carbocycles. The summed E-state index contributed by atoms with van der Waals surface area (Å²) < 4.78 is 0. The van der Waals surface area contributed by atoms with Gasteiger partial charge in [0.2, 0.25) is 0 Å². The molecule has 4 rings (SSSR count). The Bertz CT molecular complexity index is 814. The van der Waals surface area contributed by atoms with Crippen molar-refractivity contribution >= 4 is 11.9 Å². The Morgan fingerprint density at radius 3 is 2.42 bits per heavy atom. The van der Waals surface area contributed by atoms with Crippen LogP contribution >= 0.6 is 0 Å². The fourth-order valence-corrected chi connectivity index (χ4v) is 3.65. The molecular formula is C22H22N2. The third-order valence-corrected chi connectivity index (χ3v) is 4.75. The first-order valence-electron chi connectivity index (χ1n) is 8.66. The Hall–Kier alpha value is -2.61. The second kappa shape index (κ2) is 6.48. The van der Waals surface area contributed by atoms with Gasteiger partial charge in [0, 0.05) is 5.70 Å². The highest BCUT2D eigenvalue weighted by molar-refractivity contribution is 5.85. The van der Waals surface area contributed by atoms with E-state index in [4.69, 9.17) is 4.99 Å². The molecule has 1 aliphatic carbocycles. The molecule has 0 saturated heterocycles. The minimum Gasteiger partial charge on any atom is -0.344 e. The molecule has 2 aromatic rings. The number of amidine groups is 1. The fraction of sp³-hybridized carbons (Fsp3) is 0.227. The maximum Gasteiger partial charge on any atom is 0.100 e. The van der Waals surface area contributed by atoms with Gasteiger partial charge in [0.05, 0.1) is 5.84 Å². The Balaban J connectivity index is 1.77. The molecular weight excluding hydrogens is 292 g/mol. The summed E-state index contributed by atoms with van der Waals surface area (Å²) in [5, 5.41) is 3.55. The number of allylic oxidation sites excluding steroid dienone is 1. The Labute approximate surface area is 143 Å². The first-order valence-corrected chi connectivity index (χ1v) is 8.66. The third-order valence-electron chi connectivity index (χ3n) is 4.75. The monoisotopic (exact) mass is 314 g/mol. The van der Waals surface area contributed by atoms with Crippen molar-refractivity contribution in [2.24, 2.45) is 4.99 Å². The van der Waals surface area contributed by atoms with Gasteiger partial charge in [-0.25, -0.2) is 0 Å². The summed E-state index contributed by atoms with van der Waals surface area (Å²) in [6, 6.07) is 21.4. The molecule has 0 aromatic heterocycles. The summed E-state index contributed by atoms with van der Waals surface area (Å²) in [5.41, 5.74) is 6.68. The van der Waals surface area contributed by atoms with Crippen LogP contribution in [0.2, 0.25) is 0 Å². The largest absolute Gasteiger partial charge is 0.344 e. The summed E-state index contributed by atoms with van der Waals surface area (Å²) in [5.74, 6) is 1.00. The van der Waals surface area contributed by atoms with Gasteiger partial charge in [-0.2, -0.15) is 0 Å². The van der Waals surface area contributed by atoms with Crippen molar-refractivity contribution in [3.8, 4) is 0 Å². The molecule has 1 N–H and O–H groups in total. The number of aliphatic imine (C=N–C) groups is 1. The predicted molar refractivity (Wildman–Crippen MR) is 101 cm³/mol. The summed E-state index contributed by atoms with van der Waals surface area (Å²) in [6.07, 6.45) is 5.75. The Morgan fingerprint density at radius 2 is 1.67 bits per heavy atom. The van der Waals surface area contributed by atoms with Crippen LogP contribution in [0.1, 0.15) is 43.4 Å². The maximum atomic E-state index is 4.90. The van der Waals surface area contributed by atoms with Crippen LogP contribution in [0.5, 0.6) is 0 Å². The zero-order valence-electron chi connectivity index (χ0n) is 14.0. The van der Waals surface area contributed by atoms with Crippen LogP contribution in [0.15, 0.2) is 82.5 Å². The van der Waals surface area contributed by atoms with Gasteiger partial charge in [0.15, 0.2) is 0 Å². The predicted octanol–water partition coefficient (Wildman–Crippen LogP) is 5.27. The molecule has 0 amide bonds. The topological polar surface area (TPSA) is 24.4 Å². The molecule has 1 atom stereocenters. The molecule has 2 aliphatic rings. The number of nitrogens with one attached hydrogen (secondary N) is 1. The molecule has 2 aromatic carbocycles. The van der Waals surface area contributed by atoms with E-state index in [0.717, 1.165) is 18.7 Å². The van der Waals surface area contributed by atoms with Crippen LogP contribution in [0.4, 0.5) is 0 Å². The molecule has 0 spiro atoms. The van der Waals surface area contributed by atoms with Crippen molar-refractivity contribution < 1.29 is 0 Å². The lowest BCUT2D eigenvalue weighted by molar-refractivity contribution is 0.655. The number of rotatable bonds is 2. The summed E-state index contributed by atoms with van der Waals surface area (Å²) in [4.78, 5) is 4.90. The molecule has 2 nitrogen and oxygen atoms in total. The molecule has 120 valence electrons. The molecule has 1 aliphatic heterocycles. The van der Waals surface area contributed by atoms with Crippen LogP contribution in [0, 0.1) is 0 Å². The van der Waals surface area contributed by atoms with Crippen LogP contribution in [-0.2, 0) is 0 Å². The smallest absolute Gasteiger partial charge is 0.100 e. The zero-order chi connectivity index (χ0) is 16.4. The van der Waals surface area contributed by atoms with Gasteiger partial charge >= 0.3 is 0 Å². The number of hydrogen-bond acceptors (Lipinski definition) is 2. The van der Waals surface area contributed by atoms with Crippen LogP contribution < -0.4 is 5.32 Å². The van der Waals surface area contributed by atoms with Crippen LogP contribution in [0.25, 0.3) is 6.08 Å². The normalized spacial score (nSPS) is 22.0. The van der Waals surface area contributed by atoms with Gasteiger partial charge in [-0.3, -0.25) is 4.99 Å². The van der Waals surface area contributed by atoms with Gasteiger partial charge in [0.25, 0.3) is 0 Å². The molecule has 1 heterocycles. The van der Waals surface area contributed by atoms with E-state index < -0.39 is 0 Å². The van der Waals surface area contributed by atoms with Gasteiger partial charge in [-0.1, -0.05) is 60.7 Å². The van der Waals surface area contributed by atoms with E-state index in [0.29, 0.717) is 0 Å². The number of nitrogens with zero attached hydrogens (tertiary/aromatic N) is 1. The minimum atomic E-state index is 0.155. The average Bonchev–Trinajstić information content (AvgIpc) is 2.63. The summed E-state index contributed by atoms with van der Waals surface area (Å²) >= 11 is 0. The van der Waals surface area contributed by atoms with E-state index in [1.807, 2.05) is 0 Å². The van der Waals surface area contributed by atoms with E-state index >= 15 is 0 Å². The summed E-state index contributed by atoms with van der Waals surface area (Å²) in [6.45, 7) is 2.06. The van der Waals surface area contributed by atoms with Crippen molar-refractivity contribution in [3.63, 3.8) is 0 Å². The van der Waals surface area contributed by atoms with E-state index in [-0.39, 0.29) is 6.04 Å². The highest BCUT2D eigenvalue weighted by Crippen LogP contribution is 2.40. The first-order chi connectivity index (χ1) is 11.8.